The average molecular weight is 866 g/mol. The summed E-state index contributed by atoms with van der Waals surface area (Å²) in [7, 11) is 0. The number of hydrogen-bond donors (Lipinski definition) is 0. The summed E-state index contributed by atoms with van der Waals surface area (Å²) in [6.45, 7) is 0. The second-order valence-corrected chi connectivity index (χ2v) is 15.2. The molecule has 0 amide bonds. The molecule has 66 heavy (non-hydrogen) atoms. The molecule has 0 atom stereocenters. The molecule has 0 radical (unpaired) electrons. The van der Waals surface area contributed by atoms with E-state index in [1.807, 2.05) is 91.0 Å². The molecule has 0 saturated heterocycles. The van der Waals surface area contributed by atoms with Gasteiger partial charge in [0.1, 0.15) is 0 Å². The zero-order valence-electron chi connectivity index (χ0n) is 60.4. The molecule has 1 aliphatic carbocycles. The summed E-state index contributed by atoms with van der Waals surface area (Å²) >= 11 is 0. The Kier molecular flexibility index (Phi) is 5.15. The van der Waals surface area contributed by atoms with Gasteiger partial charge in [-0.05, 0) is 113 Å². The lowest BCUT2D eigenvalue weighted by Gasteiger charge is -2.35. The highest BCUT2D eigenvalue weighted by Crippen LogP contribution is 2.57. The SMILES string of the molecule is [2H]c1c([2H])c([2H])c(-c2c([2H])c([2H])c([2H])c([2H])c2N(c2ccc(-c3ccc4ccccc4c3-c3ccc(-c4ccccc4)cc3)cc2)c2c([2H])c([2H])c3c(c2[2H])C(c2c([2H])c([2H])c([2H])c([2H])c2[2H])(c2c([2H])c([2H])c([2H])c([2H])c2[2H])c2c([2H])c([2H])c([2H])c([2H])c2-3)c([2H])c1[2H]. The minimum Gasteiger partial charge on any atom is -0.310 e. The highest BCUT2D eigenvalue weighted by Gasteiger charge is 2.46. The summed E-state index contributed by atoms with van der Waals surface area (Å²) in [6.07, 6.45) is 0. The maximum Gasteiger partial charge on any atom is 0.0714 e. The first-order valence-electron chi connectivity index (χ1n) is 33.7. The molecule has 11 aromatic carbocycles. The van der Waals surface area contributed by atoms with Crippen LogP contribution < -0.4 is 4.90 Å². The van der Waals surface area contributed by atoms with Crippen molar-refractivity contribution in [3.8, 4) is 55.6 Å². The van der Waals surface area contributed by atoms with Crippen molar-refractivity contribution in [1.82, 2.24) is 0 Å². The summed E-state index contributed by atoms with van der Waals surface area (Å²) in [5.74, 6) is 0. The van der Waals surface area contributed by atoms with Crippen LogP contribution in [0.5, 0.6) is 0 Å². The molecule has 0 aliphatic heterocycles. The molecule has 0 heterocycles. The van der Waals surface area contributed by atoms with Gasteiger partial charge in [-0.15, -0.1) is 0 Å². The zero-order valence-corrected chi connectivity index (χ0v) is 34.4. The Labute approximate surface area is 423 Å². The molecule has 1 nitrogen and oxygen atoms in total. The van der Waals surface area contributed by atoms with Gasteiger partial charge in [-0.3, -0.25) is 0 Å². The van der Waals surface area contributed by atoms with Gasteiger partial charge in [-0.25, -0.2) is 0 Å². The lowest BCUT2D eigenvalue weighted by atomic mass is 9.67. The third kappa shape index (κ3) is 6.56. The summed E-state index contributed by atoms with van der Waals surface area (Å²) in [5, 5.41) is 1.72. The Morgan fingerprint density at radius 2 is 0.894 bits per heavy atom. The topological polar surface area (TPSA) is 3.24 Å². The minimum absolute atomic E-state index is 0.237. The number of benzene rings is 11. The minimum atomic E-state index is -3.29. The second kappa shape index (κ2) is 16.6. The summed E-state index contributed by atoms with van der Waals surface area (Å²) in [5.41, 5.74) is -7.50. The fourth-order valence-corrected chi connectivity index (χ4v) is 8.86. The van der Waals surface area contributed by atoms with E-state index in [0.29, 0.717) is 11.1 Å². The van der Waals surface area contributed by atoms with Gasteiger partial charge in [-0.2, -0.15) is 0 Å². The van der Waals surface area contributed by atoms with Gasteiger partial charge in [-0.1, -0.05) is 242 Å². The molecular weight excluding hydrogens is 795 g/mol. The first-order valence-corrected chi connectivity index (χ1v) is 20.7. The average Bonchev–Trinajstić information content (AvgIpc) is 1.46. The fraction of sp³-hybridized carbons (Fsp3) is 0.0154. The van der Waals surface area contributed by atoms with E-state index >= 15 is 0 Å². The standard InChI is InChI=1S/C65H45N/c1-5-19-46(20-6-1)47-33-35-51(36-34-47)64-57-29-14-13-23-49(57)39-43-58(64)50-37-40-54(41-38-50)66(63-32-18-16-28-56(63)48-21-7-2-8-22-48)55-42-44-60-59-30-15-17-31-61(59)65(62(60)45-55,52-24-9-3-10-25-52)53-26-11-4-12-27-53/h1-45H/i2D,3D,4D,7D,8D,9D,10D,11D,12D,15D,16D,17D,18D,21D,22D,24D,25D,26D,27D,28D,30D,31D,32D,42D,44D,45D. The molecule has 0 aromatic heterocycles. The van der Waals surface area contributed by atoms with Crippen LogP contribution in [0.2, 0.25) is 0 Å². The molecular formula is C65H45N. The van der Waals surface area contributed by atoms with Crippen LogP contribution in [0.3, 0.4) is 0 Å². The molecule has 310 valence electrons. The molecule has 0 bridgehead atoms. The van der Waals surface area contributed by atoms with E-state index in [0.717, 1.165) is 37.9 Å². The van der Waals surface area contributed by atoms with Crippen LogP contribution >= 0.6 is 0 Å². The van der Waals surface area contributed by atoms with Crippen LogP contribution in [0, 0.1) is 0 Å². The largest absolute Gasteiger partial charge is 0.310 e. The van der Waals surface area contributed by atoms with Crippen LogP contribution in [0.1, 0.15) is 57.9 Å². The maximum absolute atomic E-state index is 10.9. The lowest BCUT2D eigenvalue weighted by Crippen LogP contribution is -2.28. The fourth-order valence-electron chi connectivity index (χ4n) is 8.86. The van der Waals surface area contributed by atoms with Crippen molar-refractivity contribution < 1.29 is 35.6 Å². The van der Waals surface area contributed by atoms with Crippen molar-refractivity contribution in [3.05, 3.63) is 295 Å². The van der Waals surface area contributed by atoms with E-state index in [-0.39, 0.29) is 5.69 Å². The van der Waals surface area contributed by atoms with Crippen molar-refractivity contribution >= 4 is 27.8 Å². The van der Waals surface area contributed by atoms with Gasteiger partial charge in [0, 0.05) is 16.9 Å². The number of para-hydroxylation sites is 1. The second-order valence-electron chi connectivity index (χ2n) is 15.2. The quantitative estimate of drug-likeness (QED) is 0.140. The molecule has 0 N–H and O–H groups in total. The Morgan fingerprint density at radius 3 is 1.62 bits per heavy atom. The van der Waals surface area contributed by atoms with Crippen LogP contribution in [-0.4, -0.2) is 0 Å². The lowest BCUT2D eigenvalue weighted by molar-refractivity contribution is 0.768. The van der Waals surface area contributed by atoms with E-state index in [2.05, 4.69) is 0 Å². The molecule has 11 aromatic rings. The smallest absolute Gasteiger partial charge is 0.0714 e. The van der Waals surface area contributed by atoms with Crippen molar-refractivity contribution in [1.29, 1.82) is 0 Å². The highest BCUT2D eigenvalue weighted by molar-refractivity contribution is 6.04. The Balaban J connectivity index is 1.27. The van der Waals surface area contributed by atoms with E-state index in [1.54, 1.807) is 12.1 Å². The number of anilines is 3. The predicted octanol–water partition coefficient (Wildman–Crippen LogP) is 17.3. The van der Waals surface area contributed by atoms with Crippen LogP contribution in [0.15, 0.2) is 272 Å². The zero-order chi connectivity index (χ0) is 66.5. The van der Waals surface area contributed by atoms with Gasteiger partial charge in [0.2, 0.25) is 0 Å². The van der Waals surface area contributed by atoms with Crippen LogP contribution in [-0.2, 0) is 5.41 Å². The third-order valence-electron chi connectivity index (χ3n) is 11.7. The highest BCUT2D eigenvalue weighted by atomic mass is 15.1. The van der Waals surface area contributed by atoms with Crippen molar-refractivity contribution in [2.75, 3.05) is 4.90 Å². The van der Waals surface area contributed by atoms with Crippen molar-refractivity contribution in [2.45, 2.75) is 5.41 Å². The molecule has 1 aliphatic rings. The van der Waals surface area contributed by atoms with Crippen molar-refractivity contribution in [2.24, 2.45) is 0 Å². The number of hydrogen-bond acceptors (Lipinski definition) is 1. The van der Waals surface area contributed by atoms with Gasteiger partial charge in [0.15, 0.2) is 0 Å². The van der Waals surface area contributed by atoms with E-state index < -0.39 is 218 Å². The molecule has 0 unspecified atom stereocenters. The van der Waals surface area contributed by atoms with Gasteiger partial charge in [0.05, 0.1) is 46.7 Å². The Bertz CT molecular complexity index is 4890. The van der Waals surface area contributed by atoms with Crippen molar-refractivity contribution in [3.63, 3.8) is 0 Å². The van der Waals surface area contributed by atoms with Crippen LogP contribution in [0.25, 0.3) is 66.4 Å². The number of nitrogens with zero attached hydrogens (tertiary/aromatic N) is 1. The number of fused-ring (bicyclic) bond motifs is 4. The van der Waals surface area contributed by atoms with E-state index in [9.17, 15) is 19.2 Å². The summed E-state index contributed by atoms with van der Waals surface area (Å²) in [6, 6.07) is 7.97. The summed E-state index contributed by atoms with van der Waals surface area (Å²) in [4.78, 5) is 0.872. The third-order valence-corrected chi connectivity index (χ3v) is 11.7. The maximum atomic E-state index is 10.9. The molecule has 12 rings (SSSR count). The molecule has 0 saturated carbocycles. The summed E-state index contributed by atoms with van der Waals surface area (Å²) < 4.78 is 243. The Hall–Kier alpha value is -8.52. The molecule has 0 fully saturated rings. The Morgan fingerprint density at radius 1 is 0.333 bits per heavy atom. The van der Waals surface area contributed by atoms with Crippen LogP contribution in [0.4, 0.5) is 17.1 Å². The van der Waals surface area contributed by atoms with E-state index in [1.165, 1.54) is 12.1 Å². The molecule has 1 heteroatoms. The molecule has 0 spiro atoms. The monoisotopic (exact) mass is 866 g/mol. The number of rotatable bonds is 9. The van der Waals surface area contributed by atoms with Gasteiger partial charge < -0.3 is 4.90 Å². The normalized spacial score (nSPS) is 17.9. The predicted molar refractivity (Wildman–Crippen MR) is 278 cm³/mol. The first-order chi connectivity index (χ1) is 43.5. The van der Waals surface area contributed by atoms with Gasteiger partial charge >= 0.3 is 0 Å². The van der Waals surface area contributed by atoms with Gasteiger partial charge in [0.25, 0.3) is 0 Å². The first kappa shape index (κ1) is 20.5. The van der Waals surface area contributed by atoms with E-state index in [4.69, 9.17) is 16.4 Å².